The van der Waals surface area contributed by atoms with Crippen LogP contribution in [0, 0.1) is 6.92 Å². The summed E-state index contributed by atoms with van der Waals surface area (Å²) in [6, 6.07) is 5.59. The number of aromatic nitrogens is 1. The third kappa shape index (κ3) is 1.90. The molecule has 0 bridgehead atoms. The summed E-state index contributed by atoms with van der Waals surface area (Å²) in [7, 11) is 0. The van der Waals surface area contributed by atoms with Crippen molar-refractivity contribution < 1.29 is 8.94 Å². The quantitative estimate of drug-likeness (QED) is 0.782. The monoisotopic (exact) mass is 178 g/mol. The van der Waals surface area contributed by atoms with Crippen molar-refractivity contribution in [2.24, 2.45) is 0 Å². The van der Waals surface area contributed by atoms with Crippen LogP contribution in [0.15, 0.2) is 33.4 Å². The van der Waals surface area contributed by atoms with E-state index in [-0.39, 0.29) is 0 Å². The van der Waals surface area contributed by atoms with Crippen LogP contribution in [0.3, 0.4) is 0 Å². The van der Waals surface area contributed by atoms with E-state index in [4.69, 9.17) is 8.94 Å². The number of hydrogen-bond acceptors (Lipinski definition) is 4. The molecule has 68 valence electrons. The summed E-state index contributed by atoms with van der Waals surface area (Å²) in [5.74, 6) is 2.40. The summed E-state index contributed by atoms with van der Waals surface area (Å²) >= 11 is 0. The summed E-state index contributed by atoms with van der Waals surface area (Å²) in [4.78, 5) is 0. The minimum absolute atomic E-state index is 0.624. The first-order valence-electron chi connectivity index (χ1n) is 4.04. The van der Waals surface area contributed by atoms with Gasteiger partial charge >= 0.3 is 0 Å². The maximum atomic E-state index is 5.14. The molecule has 2 heterocycles. The van der Waals surface area contributed by atoms with E-state index >= 15 is 0 Å². The first-order chi connectivity index (χ1) is 6.34. The molecule has 4 heteroatoms. The predicted octanol–water partition coefficient (Wildman–Crippen LogP) is 2.19. The summed E-state index contributed by atoms with van der Waals surface area (Å²) in [5, 5.41) is 6.86. The Kier molecular flexibility index (Phi) is 2.04. The van der Waals surface area contributed by atoms with E-state index in [0.29, 0.717) is 6.54 Å². The molecule has 0 radical (unpaired) electrons. The Hall–Kier alpha value is -1.71. The van der Waals surface area contributed by atoms with Gasteiger partial charge in [0.2, 0.25) is 0 Å². The fraction of sp³-hybridized carbons (Fsp3) is 0.222. The van der Waals surface area contributed by atoms with Crippen molar-refractivity contribution in [2.75, 3.05) is 5.32 Å². The smallest absolute Gasteiger partial charge is 0.169 e. The number of rotatable bonds is 3. The Balaban J connectivity index is 1.93. The average Bonchev–Trinajstić information content (AvgIpc) is 2.71. The highest BCUT2D eigenvalue weighted by Gasteiger charge is 1.99. The molecule has 0 saturated heterocycles. The molecule has 2 rings (SSSR count). The molecule has 0 aromatic carbocycles. The Morgan fingerprint density at radius 1 is 1.54 bits per heavy atom. The number of aryl methyl sites for hydroxylation is 1. The van der Waals surface area contributed by atoms with Gasteiger partial charge in [-0.05, 0) is 19.1 Å². The number of hydrogen-bond donors (Lipinski definition) is 1. The molecule has 0 fully saturated rings. The normalized spacial score (nSPS) is 10.2. The second-order valence-corrected chi connectivity index (χ2v) is 2.76. The van der Waals surface area contributed by atoms with Crippen LogP contribution in [0.25, 0.3) is 0 Å². The van der Waals surface area contributed by atoms with Crippen molar-refractivity contribution in [3.8, 4) is 0 Å². The van der Waals surface area contributed by atoms with Crippen molar-refractivity contribution in [1.82, 2.24) is 5.16 Å². The molecule has 4 nitrogen and oxygen atoms in total. The largest absolute Gasteiger partial charge is 0.467 e. The Morgan fingerprint density at radius 3 is 3.08 bits per heavy atom. The van der Waals surface area contributed by atoms with Gasteiger partial charge in [0.15, 0.2) is 5.82 Å². The van der Waals surface area contributed by atoms with E-state index in [1.54, 1.807) is 6.26 Å². The minimum atomic E-state index is 0.624. The van der Waals surface area contributed by atoms with Gasteiger partial charge in [0.25, 0.3) is 0 Å². The predicted molar refractivity (Wildman–Crippen MR) is 47.3 cm³/mol. The molecular formula is C9H10N2O2. The Bertz CT molecular complexity index is 365. The molecule has 0 spiro atoms. The first kappa shape index (κ1) is 7.91. The Labute approximate surface area is 75.5 Å². The minimum Gasteiger partial charge on any atom is -0.467 e. The SMILES string of the molecule is Cc1cc(NCc2ccco2)no1. The maximum Gasteiger partial charge on any atom is 0.169 e. The van der Waals surface area contributed by atoms with Gasteiger partial charge in [-0.15, -0.1) is 0 Å². The lowest BCUT2D eigenvalue weighted by Gasteiger charge is -1.96. The molecule has 0 aliphatic carbocycles. The zero-order chi connectivity index (χ0) is 9.10. The Morgan fingerprint density at radius 2 is 2.46 bits per heavy atom. The molecule has 1 N–H and O–H groups in total. The van der Waals surface area contributed by atoms with Crippen molar-refractivity contribution in [3.63, 3.8) is 0 Å². The lowest BCUT2D eigenvalue weighted by atomic mass is 10.4. The van der Waals surface area contributed by atoms with Crippen molar-refractivity contribution in [2.45, 2.75) is 13.5 Å². The molecule has 0 atom stereocenters. The van der Waals surface area contributed by atoms with E-state index in [1.807, 2.05) is 25.1 Å². The van der Waals surface area contributed by atoms with Crippen LogP contribution in [0.2, 0.25) is 0 Å². The summed E-state index contributed by atoms with van der Waals surface area (Å²) in [6.45, 7) is 2.48. The standard InChI is InChI=1S/C9H10N2O2/c1-7-5-9(11-13-7)10-6-8-3-2-4-12-8/h2-5H,6H2,1H3,(H,10,11). The zero-order valence-electron chi connectivity index (χ0n) is 7.28. The maximum absolute atomic E-state index is 5.14. The van der Waals surface area contributed by atoms with Gasteiger partial charge in [-0.2, -0.15) is 0 Å². The molecule has 0 aliphatic heterocycles. The summed E-state index contributed by atoms with van der Waals surface area (Å²) < 4.78 is 10.0. The summed E-state index contributed by atoms with van der Waals surface area (Å²) in [5.41, 5.74) is 0. The van der Waals surface area contributed by atoms with E-state index in [0.717, 1.165) is 17.3 Å². The number of nitrogens with zero attached hydrogens (tertiary/aromatic N) is 1. The third-order valence-electron chi connectivity index (χ3n) is 1.65. The van der Waals surface area contributed by atoms with Crippen LogP contribution in [0.1, 0.15) is 11.5 Å². The van der Waals surface area contributed by atoms with Crippen molar-refractivity contribution >= 4 is 5.82 Å². The molecule has 2 aromatic rings. The molecular weight excluding hydrogens is 168 g/mol. The van der Waals surface area contributed by atoms with E-state index in [1.165, 1.54) is 0 Å². The second-order valence-electron chi connectivity index (χ2n) is 2.76. The highest BCUT2D eigenvalue weighted by atomic mass is 16.5. The van der Waals surface area contributed by atoms with Crippen LogP contribution in [0.5, 0.6) is 0 Å². The average molecular weight is 178 g/mol. The van der Waals surface area contributed by atoms with E-state index in [9.17, 15) is 0 Å². The van der Waals surface area contributed by atoms with Crippen molar-refractivity contribution in [1.29, 1.82) is 0 Å². The van der Waals surface area contributed by atoms with Crippen molar-refractivity contribution in [3.05, 3.63) is 36.0 Å². The second kappa shape index (κ2) is 3.35. The topological polar surface area (TPSA) is 51.2 Å². The van der Waals surface area contributed by atoms with Crippen LogP contribution < -0.4 is 5.32 Å². The van der Waals surface area contributed by atoms with Crippen LogP contribution >= 0.6 is 0 Å². The molecule has 0 aliphatic rings. The van der Waals surface area contributed by atoms with Gasteiger partial charge in [0.05, 0.1) is 12.8 Å². The van der Waals surface area contributed by atoms with Gasteiger partial charge < -0.3 is 14.3 Å². The van der Waals surface area contributed by atoms with E-state index < -0.39 is 0 Å². The number of nitrogens with one attached hydrogen (secondary N) is 1. The number of furan rings is 1. The van der Waals surface area contributed by atoms with Gasteiger partial charge in [0.1, 0.15) is 11.5 Å². The van der Waals surface area contributed by atoms with Crippen LogP contribution in [-0.2, 0) is 6.54 Å². The highest BCUT2D eigenvalue weighted by Crippen LogP contribution is 2.09. The highest BCUT2D eigenvalue weighted by molar-refractivity contribution is 5.33. The van der Waals surface area contributed by atoms with Gasteiger partial charge in [-0.3, -0.25) is 0 Å². The third-order valence-corrected chi connectivity index (χ3v) is 1.65. The molecule has 0 unspecified atom stereocenters. The van der Waals surface area contributed by atoms with Crippen LogP contribution in [0.4, 0.5) is 5.82 Å². The molecule has 0 amide bonds. The fourth-order valence-corrected chi connectivity index (χ4v) is 1.04. The summed E-state index contributed by atoms with van der Waals surface area (Å²) in [6.07, 6.45) is 1.64. The van der Waals surface area contributed by atoms with Crippen LogP contribution in [-0.4, -0.2) is 5.16 Å². The fourth-order valence-electron chi connectivity index (χ4n) is 1.04. The lowest BCUT2D eigenvalue weighted by Crippen LogP contribution is -1.97. The van der Waals surface area contributed by atoms with E-state index in [2.05, 4.69) is 10.5 Å². The van der Waals surface area contributed by atoms with Gasteiger partial charge in [-0.1, -0.05) is 5.16 Å². The molecule has 13 heavy (non-hydrogen) atoms. The molecule has 2 aromatic heterocycles. The van der Waals surface area contributed by atoms with Gasteiger partial charge in [0, 0.05) is 6.07 Å². The number of anilines is 1. The van der Waals surface area contributed by atoms with Gasteiger partial charge in [-0.25, -0.2) is 0 Å². The lowest BCUT2D eigenvalue weighted by molar-refractivity contribution is 0.399. The first-order valence-corrected chi connectivity index (χ1v) is 4.04. The zero-order valence-corrected chi connectivity index (χ0v) is 7.28. The molecule has 0 saturated carbocycles.